The third-order valence-corrected chi connectivity index (χ3v) is 6.05. The fraction of sp³-hybridized carbons (Fsp3) is 0.364. The Morgan fingerprint density at radius 1 is 1.03 bits per heavy atom. The van der Waals surface area contributed by atoms with Crippen molar-refractivity contribution in [1.29, 1.82) is 0 Å². The van der Waals surface area contributed by atoms with Gasteiger partial charge in [0.05, 0.1) is 11.9 Å². The number of anilines is 1. The lowest BCUT2D eigenvalue weighted by Gasteiger charge is -2.31. The summed E-state index contributed by atoms with van der Waals surface area (Å²) in [6, 6.07) is 10.6. The fourth-order valence-corrected chi connectivity index (χ4v) is 3.97. The normalized spacial score (nSPS) is 12.3. The Morgan fingerprint density at radius 2 is 1.59 bits per heavy atom. The predicted molar refractivity (Wildman–Crippen MR) is 123 cm³/mol. The van der Waals surface area contributed by atoms with Gasteiger partial charge in [-0.25, -0.2) is 12.8 Å². The topological polar surface area (TPSA) is 86.8 Å². The third-order valence-electron chi connectivity index (χ3n) is 4.66. The first-order valence-electron chi connectivity index (χ1n) is 9.96. The highest BCUT2D eigenvalue weighted by Crippen LogP contribution is 2.20. The van der Waals surface area contributed by atoms with Gasteiger partial charge in [-0.15, -0.1) is 0 Å². The summed E-state index contributed by atoms with van der Waals surface area (Å²) in [5.41, 5.74) is 0.868. The first-order valence-corrected chi connectivity index (χ1v) is 12.2. The number of hydrogen-bond acceptors (Lipinski definition) is 4. The van der Waals surface area contributed by atoms with Crippen molar-refractivity contribution in [2.24, 2.45) is 0 Å². The van der Waals surface area contributed by atoms with Crippen LogP contribution in [0, 0.1) is 5.82 Å². The molecular formula is C22H27ClFN3O4S. The number of benzene rings is 2. The van der Waals surface area contributed by atoms with Crippen LogP contribution in [0.25, 0.3) is 0 Å². The van der Waals surface area contributed by atoms with Crippen molar-refractivity contribution in [3.63, 3.8) is 0 Å². The molecule has 0 aromatic heterocycles. The number of nitrogens with zero attached hydrogens (tertiary/aromatic N) is 2. The van der Waals surface area contributed by atoms with Crippen molar-refractivity contribution in [1.82, 2.24) is 10.2 Å². The van der Waals surface area contributed by atoms with E-state index in [1.54, 1.807) is 45.0 Å². The van der Waals surface area contributed by atoms with Gasteiger partial charge in [-0.3, -0.25) is 13.9 Å². The predicted octanol–water partition coefficient (Wildman–Crippen LogP) is 3.19. The van der Waals surface area contributed by atoms with Crippen molar-refractivity contribution >= 4 is 39.1 Å². The second-order valence-electron chi connectivity index (χ2n) is 7.73. The molecule has 32 heavy (non-hydrogen) atoms. The molecule has 0 aliphatic heterocycles. The molecule has 2 amide bonds. The molecule has 7 nitrogen and oxygen atoms in total. The van der Waals surface area contributed by atoms with Gasteiger partial charge in [0.15, 0.2) is 0 Å². The van der Waals surface area contributed by atoms with Crippen LogP contribution in [0.15, 0.2) is 48.5 Å². The lowest BCUT2D eigenvalue weighted by Crippen LogP contribution is -2.52. The molecule has 10 heteroatoms. The largest absolute Gasteiger partial charge is 0.352 e. The Hall–Kier alpha value is -2.65. The lowest BCUT2D eigenvalue weighted by atomic mass is 10.1. The van der Waals surface area contributed by atoms with Crippen molar-refractivity contribution in [3.05, 3.63) is 64.9 Å². The third kappa shape index (κ3) is 7.20. The highest BCUT2D eigenvalue weighted by molar-refractivity contribution is 7.92. The first kappa shape index (κ1) is 25.6. The number of halogens is 2. The minimum atomic E-state index is -3.86. The number of carbonyl (C=O) groups is 2. The Kier molecular flexibility index (Phi) is 8.63. The van der Waals surface area contributed by atoms with E-state index in [1.807, 2.05) is 0 Å². The van der Waals surface area contributed by atoms with Crippen LogP contribution in [0.5, 0.6) is 0 Å². The summed E-state index contributed by atoms with van der Waals surface area (Å²) in [6.45, 7) is 4.71. The van der Waals surface area contributed by atoms with Gasteiger partial charge >= 0.3 is 0 Å². The minimum Gasteiger partial charge on any atom is -0.352 e. The molecule has 1 N–H and O–H groups in total. The quantitative estimate of drug-likeness (QED) is 0.593. The van der Waals surface area contributed by atoms with Gasteiger partial charge in [0, 0.05) is 17.6 Å². The van der Waals surface area contributed by atoms with Crippen molar-refractivity contribution in [2.75, 3.05) is 17.1 Å². The van der Waals surface area contributed by atoms with E-state index in [0.717, 1.165) is 28.3 Å². The Balaban J connectivity index is 2.36. The zero-order valence-corrected chi connectivity index (χ0v) is 20.0. The maximum Gasteiger partial charge on any atom is 0.244 e. The van der Waals surface area contributed by atoms with Gasteiger partial charge < -0.3 is 10.2 Å². The summed E-state index contributed by atoms with van der Waals surface area (Å²) >= 11 is 5.93. The highest BCUT2D eigenvalue weighted by atomic mass is 35.5. The standard InChI is InChI=1S/C22H27ClFN3O4S/c1-15(2)25-22(29)16(3)26(13-17-5-7-18(23)8-6-17)21(28)14-27(32(4,30)31)20-11-9-19(24)10-12-20/h5-12,15-16H,13-14H2,1-4H3,(H,25,29)/t16-/m1/s1. The summed E-state index contributed by atoms with van der Waals surface area (Å²) < 4.78 is 39.0. The molecule has 0 aliphatic carbocycles. The van der Waals surface area contributed by atoms with Crippen LogP contribution in [0.2, 0.25) is 5.02 Å². The second kappa shape index (κ2) is 10.8. The van der Waals surface area contributed by atoms with Crippen LogP contribution in [-0.2, 0) is 26.2 Å². The first-order chi connectivity index (χ1) is 14.9. The van der Waals surface area contributed by atoms with Crippen LogP contribution in [0.1, 0.15) is 26.3 Å². The van der Waals surface area contributed by atoms with E-state index in [9.17, 15) is 22.4 Å². The molecular weight excluding hydrogens is 457 g/mol. The maximum atomic E-state index is 13.3. The summed E-state index contributed by atoms with van der Waals surface area (Å²) in [7, 11) is -3.86. The minimum absolute atomic E-state index is 0.0731. The van der Waals surface area contributed by atoms with Crippen LogP contribution < -0.4 is 9.62 Å². The van der Waals surface area contributed by atoms with Gasteiger partial charge in [0.25, 0.3) is 0 Å². The lowest BCUT2D eigenvalue weighted by molar-refractivity contribution is -0.139. The highest BCUT2D eigenvalue weighted by Gasteiger charge is 2.30. The number of nitrogens with one attached hydrogen (secondary N) is 1. The smallest absolute Gasteiger partial charge is 0.244 e. The molecule has 0 heterocycles. The Labute approximate surface area is 193 Å². The summed E-state index contributed by atoms with van der Waals surface area (Å²) in [4.78, 5) is 27.2. The summed E-state index contributed by atoms with van der Waals surface area (Å²) in [5.74, 6) is -1.48. The van der Waals surface area contributed by atoms with Gasteiger partial charge in [-0.1, -0.05) is 23.7 Å². The van der Waals surface area contributed by atoms with E-state index in [2.05, 4.69) is 5.32 Å². The van der Waals surface area contributed by atoms with E-state index >= 15 is 0 Å². The molecule has 0 unspecified atom stereocenters. The van der Waals surface area contributed by atoms with Crippen LogP contribution in [-0.4, -0.2) is 50.0 Å². The number of carbonyl (C=O) groups excluding carboxylic acids is 2. The van der Waals surface area contributed by atoms with Crippen molar-refractivity contribution in [3.8, 4) is 0 Å². The van der Waals surface area contributed by atoms with Gasteiger partial charge in [0.2, 0.25) is 21.8 Å². The Bertz CT molecular complexity index is 1040. The summed E-state index contributed by atoms with van der Waals surface area (Å²) in [5, 5.41) is 3.29. The van der Waals surface area contributed by atoms with E-state index in [0.29, 0.717) is 5.02 Å². The molecule has 174 valence electrons. The van der Waals surface area contributed by atoms with E-state index < -0.39 is 34.3 Å². The molecule has 0 spiro atoms. The maximum absolute atomic E-state index is 13.3. The van der Waals surface area contributed by atoms with E-state index in [1.165, 1.54) is 17.0 Å². The second-order valence-corrected chi connectivity index (χ2v) is 10.1. The van der Waals surface area contributed by atoms with Crippen molar-refractivity contribution < 1.29 is 22.4 Å². The van der Waals surface area contributed by atoms with Crippen LogP contribution in [0.4, 0.5) is 10.1 Å². The van der Waals surface area contributed by atoms with Crippen molar-refractivity contribution in [2.45, 2.75) is 39.4 Å². The van der Waals surface area contributed by atoms with E-state index in [4.69, 9.17) is 11.6 Å². The molecule has 0 radical (unpaired) electrons. The molecule has 0 aliphatic rings. The van der Waals surface area contributed by atoms with Gasteiger partial charge in [-0.05, 0) is 62.7 Å². The number of amides is 2. The Morgan fingerprint density at radius 3 is 2.09 bits per heavy atom. The molecule has 2 aromatic carbocycles. The average molecular weight is 484 g/mol. The number of rotatable bonds is 9. The number of sulfonamides is 1. The monoisotopic (exact) mass is 483 g/mol. The molecule has 0 fully saturated rings. The molecule has 0 bridgehead atoms. The number of hydrogen-bond donors (Lipinski definition) is 1. The zero-order chi connectivity index (χ0) is 24.1. The molecule has 0 saturated heterocycles. The van der Waals surface area contributed by atoms with Crippen LogP contribution >= 0.6 is 11.6 Å². The molecule has 0 saturated carbocycles. The van der Waals surface area contributed by atoms with Gasteiger partial charge in [0.1, 0.15) is 18.4 Å². The molecule has 2 aromatic rings. The summed E-state index contributed by atoms with van der Waals surface area (Å²) in [6.07, 6.45) is 0.960. The molecule has 2 rings (SSSR count). The van der Waals surface area contributed by atoms with Crippen LogP contribution in [0.3, 0.4) is 0 Å². The van der Waals surface area contributed by atoms with Gasteiger partial charge in [-0.2, -0.15) is 0 Å². The zero-order valence-electron chi connectivity index (χ0n) is 18.4. The average Bonchev–Trinajstić information content (AvgIpc) is 2.70. The fourth-order valence-electron chi connectivity index (χ4n) is 3.00. The SMILES string of the molecule is CC(C)NC(=O)[C@@H](C)N(Cc1ccc(Cl)cc1)C(=O)CN(c1ccc(F)cc1)S(C)(=O)=O. The van der Waals surface area contributed by atoms with E-state index in [-0.39, 0.29) is 24.2 Å². The molecule has 1 atom stereocenters.